The number of carbonyl (C=O) groups is 1. The quantitative estimate of drug-likeness (QED) is 0.695. The maximum atomic E-state index is 12.8. The van der Waals surface area contributed by atoms with Crippen molar-refractivity contribution in [2.45, 2.75) is 19.5 Å². The van der Waals surface area contributed by atoms with E-state index in [1.165, 1.54) is 17.7 Å². The van der Waals surface area contributed by atoms with Crippen LogP contribution in [0.4, 0.5) is 13.2 Å². The average molecular weight is 348 g/mol. The van der Waals surface area contributed by atoms with Gasteiger partial charge in [-0.3, -0.25) is 4.79 Å². The van der Waals surface area contributed by atoms with Gasteiger partial charge < -0.3 is 4.90 Å². The fourth-order valence-electron chi connectivity index (χ4n) is 2.01. The van der Waals surface area contributed by atoms with Crippen LogP contribution in [0, 0.1) is 0 Å². The smallest absolute Gasteiger partial charge is 0.335 e. The van der Waals surface area contributed by atoms with Crippen LogP contribution in [0.1, 0.15) is 29.3 Å². The molecule has 0 bridgehead atoms. The van der Waals surface area contributed by atoms with Crippen LogP contribution in [0.3, 0.4) is 0 Å². The molecular weight excluding hydrogens is 335 g/mol. The Kier molecular flexibility index (Phi) is 4.22. The Morgan fingerprint density at radius 1 is 1.35 bits per heavy atom. The highest BCUT2D eigenvalue weighted by Gasteiger charge is 2.34. The highest BCUT2D eigenvalue weighted by atomic mass is 79.9. The van der Waals surface area contributed by atoms with E-state index in [4.69, 9.17) is 0 Å². The zero-order valence-corrected chi connectivity index (χ0v) is 12.4. The molecule has 1 aliphatic heterocycles. The van der Waals surface area contributed by atoms with Crippen molar-refractivity contribution in [2.75, 3.05) is 13.1 Å². The Balaban J connectivity index is 2.27. The van der Waals surface area contributed by atoms with Gasteiger partial charge in [0.15, 0.2) is 0 Å². The number of hydrogen-bond acceptors (Lipinski definition) is 1. The first-order valence-corrected chi connectivity index (χ1v) is 6.90. The van der Waals surface area contributed by atoms with Crippen LogP contribution in [0.15, 0.2) is 34.3 Å². The summed E-state index contributed by atoms with van der Waals surface area (Å²) in [5, 5.41) is 0. The molecule has 2 nitrogen and oxygen atoms in total. The molecule has 0 radical (unpaired) electrons. The minimum absolute atomic E-state index is 0.0593. The summed E-state index contributed by atoms with van der Waals surface area (Å²) in [6.45, 7) is 2.96. The summed E-state index contributed by atoms with van der Waals surface area (Å²) in [5.41, 5.74) is 0.432. The van der Waals surface area contributed by atoms with Crippen LogP contribution in [0.2, 0.25) is 0 Å². The van der Waals surface area contributed by atoms with Crippen molar-refractivity contribution in [1.29, 1.82) is 0 Å². The number of rotatable bonds is 1. The SMILES string of the molecule is CC1=CCN(C(=O)c2ccc(Br)c(C(F)(F)F)c2)CC1. The Hall–Kier alpha value is -1.30. The Bertz CT molecular complexity index is 566. The van der Waals surface area contributed by atoms with Crippen molar-refractivity contribution in [1.82, 2.24) is 4.90 Å². The molecule has 0 N–H and O–H groups in total. The molecule has 0 spiro atoms. The van der Waals surface area contributed by atoms with Crippen LogP contribution in [0.5, 0.6) is 0 Å². The fourth-order valence-corrected chi connectivity index (χ4v) is 2.48. The van der Waals surface area contributed by atoms with Crippen molar-refractivity contribution in [3.63, 3.8) is 0 Å². The number of carbonyl (C=O) groups excluding carboxylic acids is 1. The zero-order valence-electron chi connectivity index (χ0n) is 10.8. The second-order valence-corrected chi connectivity index (χ2v) is 5.60. The predicted octanol–water partition coefficient (Wildman–Crippen LogP) is 4.26. The molecule has 20 heavy (non-hydrogen) atoms. The summed E-state index contributed by atoms with van der Waals surface area (Å²) in [4.78, 5) is 13.8. The topological polar surface area (TPSA) is 20.3 Å². The van der Waals surface area contributed by atoms with Gasteiger partial charge >= 0.3 is 6.18 Å². The Labute approximate surface area is 123 Å². The molecule has 108 valence electrons. The molecule has 0 saturated carbocycles. The number of nitrogens with zero attached hydrogens (tertiary/aromatic N) is 1. The number of alkyl halides is 3. The first kappa shape index (κ1) is 15.1. The molecule has 0 aromatic heterocycles. The van der Waals surface area contributed by atoms with Gasteiger partial charge in [-0.05, 0) is 31.5 Å². The van der Waals surface area contributed by atoms with Crippen molar-refractivity contribution < 1.29 is 18.0 Å². The Morgan fingerprint density at radius 2 is 2.05 bits per heavy atom. The van der Waals surface area contributed by atoms with E-state index in [1.54, 1.807) is 4.90 Å². The highest BCUT2D eigenvalue weighted by molar-refractivity contribution is 9.10. The number of halogens is 4. The molecule has 1 amide bonds. The van der Waals surface area contributed by atoms with Gasteiger partial charge in [0.05, 0.1) is 5.56 Å². The van der Waals surface area contributed by atoms with E-state index >= 15 is 0 Å². The summed E-state index contributed by atoms with van der Waals surface area (Å²) < 4.78 is 38.4. The van der Waals surface area contributed by atoms with E-state index in [-0.39, 0.29) is 15.9 Å². The lowest BCUT2D eigenvalue weighted by atomic mass is 10.1. The number of hydrogen-bond donors (Lipinski definition) is 0. The van der Waals surface area contributed by atoms with Gasteiger partial charge in [-0.2, -0.15) is 13.2 Å². The van der Waals surface area contributed by atoms with Crippen LogP contribution in [0.25, 0.3) is 0 Å². The maximum Gasteiger partial charge on any atom is 0.417 e. The molecule has 0 unspecified atom stereocenters. The van der Waals surface area contributed by atoms with Crippen molar-refractivity contribution >= 4 is 21.8 Å². The second-order valence-electron chi connectivity index (χ2n) is 4.74. The zero-order chi connectivity index (χ0) is 14.9. The molecule has 0 aliphatic carbocycles. The largest absolute Gasteiger partial charge is 0.417 e. The lowest BCUT2D eigenvalue weighted by Gasteiger charge is -2.26. The summed E-state index contributed by atoms with van der Waals surface area (Å²) >= 11 is 2.86. The van der Waals surface area contributed by atoms with E-state index in [2.05, 4.69) is 15.9 Å². The molecule has 1 aromatic carbocycles. The first-order valence-electron chi connectivity index (χ1n) is 6.10. The lowest BCUT2D eigenvalue weighted by molar-refractivity contribution is -0.138. The molecule has 1 aliphatic rings. The molecule has 6 heteroatoms. The Morgan fingerprint density at radius 3 is 2.60 bits per heavy atom. The highest BCUT2D eigenvalue weighted by Crippen LogP contribution is 2.35. The van der Waals surface area contributed by atoms with Crippen LogP contribution < -0.4 is 0 Å². The van der Waals surface area contributed by atoms with Crippen molar-refractivity contribution in [3.8, 4) is 0 Å². The van der Waals surface area contributed by atoms with Crippen LogP contribution in [-0.2, 0) is 6.18 Å². The van der Waals surface area contributed by atoms with Crippen molar-refractivity contribution in [3.05, 3.63) is 45.4 Å². The molecule has 1 heterocycles. The fraction of sp³-hybridized carbons (Fsp3) is 0.357. The molecule has 2 rings (SSSR count). The van der Waals surface area contributed by atoms with Crippen LogP contribution >= 0.6 is 15.9 Å². The number of amides is 1. The second kappa shape index (κ2) is 5.60. The van der Waals surface area contributed by atoms with Gasteiger partial charge in [0.2, 0.25) is 0 Å². The molecule has 1 aromatic rings. The average Bonchev–Trinajstić information content (AvgIpc) is 2.38. The van der Waals surface area contributed by atoms with E-state index in [9.17, 15) is 18.0 Å². The standard InChI is InChI=1S/C14H13BrF3NO/c1-9-4-6-19(7-5-9)13(20)10-2-3-12(15)11(8-10)14(16,17)18/h2-4,8H,5-7H2,1H3. The van der Waals surface area contributed by atoms with E-state index < -0.39 is 11.7 Å². The maximum absolute atomic E-state index is 12.8. The predicted molar refractivity (Wildman–Crippen MR) is 73.4 cm³/mol. The van der Waals surface area contributed by atoms with Crippen molar-refractivity contribution in [2.24, 2.45) is 0 Å². The molecule has 0 atom stereocenters. The summed E-state index contributed by atoms with van der Waals surface area (Å²) in [6, 6.07) is 3.57. The van der Waals surface area contributed by atoms with Gasteiger partial charge in [-0.25, -0.2) is 0 Å². The minimum Gasteiger partial charge on any atom is -0.335 e. The molecular formula is C14H13BrF3NO. The normalized spacial score (nSPS) is 16.1. The van der Waals surface area contributed by atoms with E-state index in [1.807, 2.05) is 13.0 Å². The van der Waals surface area contributed by atoms with Gasteiger partial charge in [0.25, 0.3) is 5.91 Å². The third-order valence-corrected chi connectivity index (χ3v) is 3.93. The summed E-state index contributed by atoms with van der Waals surface area (Å²) in [7, 11) is 0. The van der Waals surface area contributed by atoms with Gasteiger partial charge in [-0.1, -0.05) is 27.6 Å². The van der Waals surface area contributed by atoms with E-state index in [0.29, 0.717) is 13.1 Å². The van der Waals surface area contributed by atoms with Gasteiger partial charge in [0, 0.05) is 23.1 Å². The third-order valence-electron chi connectivity index (χ3n) is 3.24. The number of benzene rings is 1. The minimum atomic E-state index is -4.48. The van der Waals surface area contributed by atoms with E-state index in [0.717, 1.165) is 12.5 Å². The third kappa shape index (κ3) is 3.23. The van der Waals surface area contributed by atoms with Gasteiger partial charge in [-0.15, -0.1) is 0 Å². The molecule has 0 saturated heterocycles. The molecule has 0 fully saturated rings. The lowest BCUT2D eigenvalue weighted by Crippen LogP contribution is -2.34. The summed E-state index contributed by atoms with van der Waals surface area (Å²) in [5.74, 6) is -0.369. The first-order chi connectivity index (χ1) is 9.29. The monoisotopic (exact) mass is 347 g/mol. The van der Waals surface area contributed by atoms with Crippen LogP contribution in [-0.4, -0.2) is 23.9 Å². The summed E-state index contributed by atoms with van der Waals surface area (Å²) in [6.07, 6.45) is -1.80. The van der Waals surface area contributed by atoms with Gasteiger partial charge in [0.1, 0.15) is 0 Å².